The molecule has 0 aromatic heterocycles. The Hall–Kier alpha value is -0.812. The molecule has 3 nitrogen and oxygen atoms in total. The quantitative estimate of drug-likeness (QED) is 0.631. The van der Waals surface area contributed by atoms with Crippen molar-refractivity contribution < 1.29 is 12.3 Å². The van der Waals surface area contributed by atoms with E-state index in [4.69, 9.17) is 12.3 Å². The van der Waals surface area contributed by atoms with Crippen molar-refractivity contribution in [3.05, 3.63) is 60.7 Å². The second-order valence-corrected chi connectivity index (χ2v) is 18.9. The lowest BCUT2D eigenvalue weighted by atomic mass is 10.4. The van der Waals surface area contributed by atoms with Gasteiger partial charge in [0.15, 0.2) is 18.1 Å². The maximum Gasteiger partial charge on any atom is 0.350 e. The third-order valence-electron chi connectivity index (χ3n) is 3.91. The molecule has 0 heterocycles. The van der Waals surface area contributed by atoms with Crippen LogP contribution in [0.2, 0.25) is 39.3 Å². The summed E-state index contributed by atoms with van der Waals surface area (Å²) in [6.45, 7) is 13.2. The first-order chi connectivity index (χ1) is 11.8. The first kappa shape index (κ1) is 20.5. The fourth-order valence-corrected chi connectivity index (χ4v) is 18.1. The Kier molecular flexibility index (Phi) is 7.15. The molecule has 0 radical (unpaired) electrons. The summed E-state index contributed by atoms with van der Waals surface area (Å²) in [5.74, 6) is 0. The zero-order chi connectivity index (χ0) is 18.5. The van der Waals surface area contributed by atoms with Crippen molar-refractivity contribution in [3.8, 4) is 0 Å². The van der Waals surface area contributed by atoms with Crippen LogP contribution in [-0.2, 0) is 12.3 Å². The standard InChI is InChI=1S/C18H30O3Si4/c1-22(2)19-24(5,17-13-9-7-10-14-17)21-25(6,20-23(3)4)18-15-11-8-12-16-18/h7-16,22-23H,1-6H3. The molecule has 0 saturated carbocycles. The molecule has 7 heteroatoms. The van der Waals surface area contributed by atoms with E-state index < -0.39 is 35.2 Å². The number of rotatable bonds is 8. The van der Waals surface area contributed by atoms with E-state index in [0.29, 0.717) is 0 Å². The summed E-state index contributed by atoms with van der Waals surface area (Å²) in [7, 11) is -7.65. The van der Waals surface area contributed by atoms with Crippen LogP contribution in [0.1, 0.15) is 0 Å². The highest BCUT2D eigenvalue weighted by atomic mass is 28.5. The Morgan fingerprint density at radius 1 is 0.600 bits per heavy atom. The second kappa shape index (κ2) is 8.72. The van der Waals surface area contributed by atoms with E-state index in [1.165, 1.54) is 10.4 Å². The van der Waals surface area contributed by atoms with Crippen molar-refractivity contribution in [2.45, 2.75) is 39.3 Å². The van der Waals surface area contributed by atoms with Gasteiger partial charge < -0.3 is 12.3 Å². The molecule has 136 valence electrons. The SMILES string of the molecule is C[SiH](C)O[Si](C)(O[Si](C)(O[SiH](C)C)c1ccccc1)c1ccccc1. The van der Waals surface area contributed by atoms with Gasteiger partial charge in [-0.2, -0.15) is 0 Å². The van der Waals surface area contributed by atoms with Crippen molar-refractivity contribution in [3.63, 3.8) is 0 Å². The molecule has 0 aliphatic heterocycles. The van der Waals surface area contributed by atoms with Crippen LogP contribution in [-0.4, -0.2) is 35.2 Å². The van der Waals surface area contributed by atoms with Crippen LogP contribution in [0.4, 0.5) is 0 Å². The molecule has 0 spiro atoms. The molecular weight excluding hydrogens is 377 g/mol. The van der Waals surface area contributed by atoms with Crippen LogP contribution in [0.15, 0.2) is 60.7 Å². The maximum absolute atomic E-state index is 6.92. The minimum Gasteiger partial charge on any atom is -0.436 e. The predicted molar refractivity (Wildman–Crippen MR) is 116 cm³/mol. The van der Waals surface area contributed by atoms with E-state index in [1.807, 2.05) is 12.1 Å². The molecule has 2 unspecified atom stereocenters. The minimum atomic E-state index is -2.55. The lowest BCUT2D eigenvalue weighted by Gasteiger charge is -2.39. The first-order valence-corrected chi connectivity index (χ1v) is 19.1. The lowest BCUT2D eigenvalue weighted by molar-refractivity contribution is 0.353. The number of hydrogen-bond donors (Lipinski definition) is 0. The second-order valence-electron chi connectivity index (χ2n) is 7.06. The van der Waals surface area contributed by atoms with Crippen molar-refractivity contribution in [1.82, 2.24) is 0 Å². The van der Waals surface area contributed by atoms with Crippen LogP contribution in [0.25, 0.3) is 0 Å². The number of hydrogen-bond acceptors (Lipinski definition) is 3. The molecule has 2 aromatic rings. The van der Waals surface area contributed by atoms with Crippen molar-refractivity contribution >= 4 is 45.6 Å². The average molecular weight is 407 g/mol. The van der Waals surface area contributed by atoms with E-state index in [1.54, 1.807) is 0 Å². The smallest absolute Gasteiger partial charge is 0.350 e. The van der Waals surface area contributed by atoms with Gasteiger partial charge in [-0.25, -0.2) is 0 Å². The average Bonchev–Trinajstić information content (AvgIpc) is 2.55. The topological polar surface area (TPSA) is 27.7 Å². The molecule has 2 aromatic carbocycles. The third kappa shape index (κ3) is 5.58. The fourth-order valence-electron chi connectivity index (χ4n) is 3.06. The lowest BCUT2D eigenvalue weighted by Crippen LogP contribution is -2.65. The summed E-state index contributed by atoms with van der Waals surface area (Å²) in [5, 5.41) is 2.36. The molecule has 0 N–H and O–H groups in total. The minimum absolute atomic E-state index is 1.18. The van der Waals surface area contributed by atoms with Gasteiger partial charge in [0, 0.05) is 0 Å². The largest absolute Gasteiger partial charge is 0.436 e. The van der Waals surface area contributed by atoms with E-state index in [-0.39, 0.29) is 0 Å². The Balaban J connectivity index is 2.45. The third-order valence-corrected chi connectivity index (χ3v) is 17.2. The molecule has 0 fully saturated rings. The van der Waals surface area contributed by atoms with Gasteiger partial charge in [0.2, 0.25) is 0 Å². The molecule has 0 saturated heterocycles. The summed E-state index contributed by atoms with van der Waals surface area (Å²) in [5.41, 5.74) is 0. The van der Waals surface area contributed by atoms with Crippen molar-refractivity contribution in [2.24, 2.45) is 0 Å². The Labute approximate surface area is 157 Å². The molecule has 0 bridgehead atoms. The molecule has 2 rings (SSSR count). The summed E-state index contributed by atoms with van der Waals surface area (Å²) in [4.78, 5) is 0. The van der Waals surface area contributed by atoms with Crippen LogP contribution < -0.4 is 10.4 Å². The first-order valence-electron chi connectivity index (χ1n) is 8.92. The van der Waals surface area contributed by atoms with E-state index in [2.05, 4.69) is 87.8 Å². The van der Waals surface area contributed by atoms with Gasteiger partial charge in [0.1, 0.15) is 0 Å². The molecule has 2 atom stereocenters. The maximum atomic E-state index is 6.92. The normalized spacial score (nSPS) is 16.6. The zero-order valence-corrected chi connectivity index (χ0v) is 20.5. The Morgan fingerprint density at radius 2 is 0.920 bits per heavy atom. The predicted octanol–water partition coefficient (Wildman–Crippen LogP) is 2.96. The summed E-state index contributed by atoms with van der Waals surface area (Å²) >= 11 is 0. The molecular formula is C18H30O3Si4. The highest BCUT2D eigenvalue weighted by Crippen LogP contribution is 2.19. The summed E-state index contributed by atoms with van der Waals surface area (Å²) in [6.07, 6.45) is 0. The van der Waals surface area contributed by atoms with Crippen LogP contribution >= 0.6 is 0 Å². The van der Waals surface area contributed by atoms with Crippen LogP contribution in [0.5, 0.6) is 0 Å². The van der Waals surface area contributed by atoms with Gasteiger partial charge in [0.05, 0.1) is 0 Å². The van der Waals surface area contributed by atoms with E-state index in [9.17, 15) is 0 Å². The van der Waals surface area contributed by atoms with E-state index in [0.717, 1.165) is 0 Å². The van der Waals surface area contributed by atoms with E-state index >= 15 is 0 Å². The van der Waals surface area contributed by atoms with Gasteiger partial charge in [-0.1, -0.05) is 60.7 Å². The summed E-state index contributed by atoms with van der Waals surface area (Å²) in [6, 6.07) is 20.9. The van der Waals surface area contributed by atoms with Gasteiger partial charge >= 0.3 is 17.1 Å². The van der Waals surface area contributed by atoms with Crippen molar-refractivity contribution in [2.75, 3.05) is 0 Å². The monoisotopic (exact) mass is 406 g/mol. The Bertz CT molecular complexity index is 596. The van der Waals surface area contributed by atoms with Crippen LogP contribution in [0, 0.1) is 0 Å². The zero-order valence-electron chi connectivity index (χ0n) is 16.2. The summed E-state index contributed by atoms with van der Waals surface area (Å²) < 4.78 is 20.0. The molecule has 0 aliphatic carbocycles. The van der Waals surface area contributed by atoms with Crippen LogP contribution in [0.3, 0.4) is 0 Å². The molecule has 0 aliphatic rings. The fraction of sp³-hybridized carbons (Fsp3) is 0.333. The Morgan fingerprint density at radius 3 is 1.20 bits per heavy atom. The van der Waals surface area contributed by atoms with Gasteiger partial charge in [-0.15, -0.1) is 0 Å². The number of benzene rings is 2. The highest BCUT2D eigenvalue weighted by Gasteiger charge is 2.46. The molecule has 25 heavy (non-hydrogen) atoms. The van der Waals surface area contributed by atoms with Gasteiger partial charge in [-0.3, -0.25) is 0 Å². The molecule has 0 amide bonds. The highest BCUT2D eigenvalue weighted by molar-refractivity contribution is 6.96. The van der Waals surface area contributed by atoms with Gasteiger partial charge in [0.25, 0.3) is 0 Å². The van der Waals surface area contributed by atoms with Crippen molar-refractivity contribution in [1.29, 1.82) is 0 Å². The van der Waals surface area contributed by atoms with Gasteiger partial charge in [-0.05, 0) is 49.7 Å².